The number of rotatable bonds is 4. The topological polar surface area (TPSA) is 99.3 Å². The number of primary amides is 1. The predicted octanol–water partition coefficient (Wildman–Crippen LogP) is 5.56. The summed E-state index contributed by atoms with van der Waals surface area (Å²) < 4.78 is 2.12. The quantitative estimate of drug-likeness (QED) is 0.366. The molecule has 2 aromatic carbocycles. The molecule has 0 atom stereocenters. The maximum Gasteiger partial charge on any atom is 0.220 e. The number of imidazole rings is 1. The number of nitrogens with two attached hydrogens (primary N) is 2. The fourth-order valence-electron chi connectivity index (χ4n) is 5.35. The average Bonchev–Trinajstić information content (AvgIpc) is 3.30. The van der Waals surface area contributed by atoms with Crippen molar-refractivity contribution in [1.82, 2.24) is 14.4 Å². The number of nitrogen functional groups attached to an aromatic ring is 1. The molecule has 3 heterocycles. The van der Waals surface area contributed by atoms with Gasteiger partial charge in [-0.1, -0.05) is 48.5 Å². The normalized spacial score (nSPS) is 18.2. The highest BCUT2D eigenvalue weighted by Gasteiger charge is 2.29. The third kappa shape index (κ3) is 3.81. The van der Waals surface area contributed by atoms with Gasteiger partial charge < -0.3 is 15.9 Å². The third-order valence-electron chi connectivity index (χ3n) is 7.25. The zero-order valence-corrected chi connectivity index (χ0v) is 19.4. The van der Waals surface area contributed by atoms with Gasteiger partial charge in [0.15, 0.2) is 0 Å². The Kier molecular flexibility index (Phi) is 5.21. The lowest BCUT2D eigenvalue weighted by molar-refractivity contribution is -0.122. The Labute approximate surface area is 203 Å². The fourth-order valence-corrected chi connectivity index (χ4v) is 5.35. The Balaban J connectivity index is 1.44. The molecule has 3 aromatic heterocycles. The summed E-state index contributed by atoms with van der Waals surface area (Å²) in [6.07, 6.45) is 5.41. The minimum absolute atomic E-state index is 0.0348. The third-order valence-corrected chi connectivity index (χ3v) is 7.25. The van der Waals surface area contributed by atoms with E-state index in [0.717, 1.165) is 70.4 Å². The Hall–Kier alpha value is -4.19. The molecule has 0 saturated heterocycles. The van der Waals surface area contributed by atoms with Gasteiger partial charge in [-0.05, 0) is 49.9 Å². The molecular weight excluding hydrogens is 434 g/mol. The number of aromatic nitrogens is 3. The van der Waals surface area contributed by atoms with E-state index in [0.29, 0.717) is 5.69 Å². The van der Waals surface area contributed by atoms with Gasteiger partial charge in [0.25, 0.3) is 0 Å². The first kappa shape index (κ1) is 21.4. The van der Waals surface area contributed by atoms with E-state index >= 15 is 0 Å². The summed E-state index contributed by atoms with van der Waals surface area (Å²) >= 11 is 0. The first-order valence-electron chi connectivity index (χ1n) is 12.1. The molecule has 5 aromatic rings. The second-order valence-corrected chi connectivity index (χ2v) is 9.42. The van der Waals surface area contributed by atoms with Crippen LogP contribution in [0.25, 0.3) is 38.9 Å². The SMILES string of the molecule is Nc1cccn2c1c(-c1ccc3ccc(-c4ccccc4)nc3c1)nc2[C@H]1CC[C@H](C(N)=O)CC1. The molecule has 174 valence electrons. The van der Waals surface area contributed by atoms with E-state index in [9.17, 15) is 4.79 Å². The monoisotopic (exact) mass is 461 g/mol. The predicted molar refractivity (Wildman–Crippen MR) is 140 cm³/mol. The molecule has 35 heavy (non-hydrogen) atoms. The number of benzene rings is 2. The molecule has 0 radical (unpaired) electrons. The molecule has 4 N–H and O–H groups in total. The van der Waals surface area contributed by atoms with Gasteiger partial charge in [0, 0.05) is 34.5 Å². The van der Waals surface area contributed by atoms with Crippen molar-refractivity contribution in [2.24, 2.45) is 11.7 Å². The summed E-state index contributed by atoms with van der Waals surface area (Å²) in [7, 11) is 0. The van der Waals surface area contributed by atoms with Crippen molar-refractivity contribution in [3.8, 4) is 22.5 Å². The number of pyridine rings is 2. The molecule has 6 rings (SSSR count). The van der Waals surface area contributed by atoms with Gasteiger partial charge in [-0.25, -0.2) is 9.97 Å². The standard InChI is InChI=1S/C29H27N5O/c30-23-7-4-16-34-27(23)26(33-29(34)21-11-9-20(10-12-21)28(31)35)22-13-8-19-14-15-24(32-25(19)17-22)18-5-2-1-3-6-18/h1-8,13-17,20-21H,9-12,30H2,(H2,31,35)/t20-,21-. The van der Waals surface area contributed by atoms with E-state index in [4.69, 9.17) is 21.4 Å². The van der Waals surface area contributed by atoms with Crippen molar-refractivity contribution in [2.75, 3.05) is 5.73 Å². The van der Waals surface area contributed by atoms with Gasteiger partial charge in [-0.15, -0.1) is 0 Å². The highest BCUT2D eigenvalue weighted by Crippen LogP contribution is 2.39. The first-order chi connectivity index (χ1) is 17.1. The lowest BCUT2D eigenvalue weighted by Gasteiger charge is -2.25. The molecular formula is C29H27N5O. The van der Waals surface area contributed by atoms with Gasteiger partial charge in [0.05, 0.1) is 28.1 Å². The summed E-state index contributed by atoms with van der Waals surface area (Å²) in [6.45, 7) is 0. The molecule has 1 saturated carbocycles. The van der Waals surface area contributed by atoms with Gasteiger partial charge >= 0.3 is 0 Å². The van der Waals surface area contributed by atoms with Crippen LogP contribution >= 0.6 is 0 Å². The van der Waals surface area contributed by atoms with Crippen LogP contribution in [0.2, 0.25) is 0 Å². The summed E-state index contributed by atoms with van der Waals surface area (Å²) in [4.78, 5) is 21.7. The number of hydrogen-bond acceptors (Lipinski definition) is 4. The Bertz CT molecular complexity index is 1550. The average molecular weight is 462 g/mol. The van der Waals surface area contributed by atoms with Crippen LogP contribution in [0, 0.1) is 5.92 Å². The smallest absolute Gasteiger partial charge is 0.220 e. The van der Waals surface area contributed by atoms with Crippen LogP contribution in [0.1, 0.15) is 37.4 Å². The molecule has 1 fully saturated rings. The van der Waals surface area contributed by atoms with Gasteiger partial charge in [0.1, 0.15) is 5.82 Å². The molecule has 1 aliphatic carbocycles. The van der Waals surface area contributed by atoms with Crippen LogP contribution in [-0.4, -0.2) is 20.3 Å². The van der Waals surface area contributed by atoms with Crippen LogP contribution in [0.3, 0.4) is 0 Å². The van der Waals surface area contributed by atoms with Crippen LogP contribution in [0.5, 0.6) is 0 Å². The molecule has 6 heteroatoms. The van der Waals surface area contributed by atoms with E-state index < -0.39 is 0 Å². The lowest BCUT2D eigenvalue weighted by atomic mass is 9.81. The summed E-state index contributed by atoms with van der Waals surface area (Å²) in [6, 6.07) is 24.5. The summed E-state index contributed by atoms with van der Waals surface area (Å²) in [5.74, 6) is 1.03. The minimum Gasteiger partial charge on any atom is -0.397 e. The second kappa shape index (κ2) is 8.55. The molecule has 0 bridgehead atoms. The largest absolute Gasteiger partial charge is 0.397 e. The van der Waals surface area contributed by atoms with Gasteiger partial charge in [0.2, 0.25) is 5.91 Å². The zero-order valence-electron chi connectivity index (χ0n) is 19.4. The molecule has 1 aliphatic rings. The highest BCUT2D eigenvalue weighted by molar-refractivity contribution is 5.92. The molecule has 0 aliphatic heterocycles. The summed E-state index contributed by atoms with van der Waals surface area (Å²) in [5, 5.41) is 1.08. The maximum atomic E-state index is 11.6. The molecule has 0 unspecified atom stereocenters. The maximum absolute atomic E-state index is 11.6. The van der Waals surface area contributed by atoms with Gasteiger partial charge in [-0.3, -0.25) is 4.79 Å². The van der Waals surface area contributed by atoms with Crippen molar-refractivity contribution in [3.63, 3.8) is 0 Å². The number of nitrogens with zero attached hydrogens (tertiary/aromatic N) is 3. The number of anilines is 1. The van der Waals surface area contributed by atoms with Crippen molar-refractivity contribution in [1.29, 1.82) is 0 Å². The van der Waals surface area contributed by atoms with E-state index in [-0.39, 0.29) is 17.7 Å². The number of carbonyl (C=O) groups excluding carboxylic acids is 1. The van der Waals surface area contributed by atoms with E-state index in [1.807, 2.05) is 36.5 Å². The Morgan fingerprint density at radius 2 is 1.63 bits per heavy atom. The van der Waals surface area contributed by atoms with Crippen molar-refractivity contribution < 1.29 is 4.79 Å². The van der Waals surface area contributed by atoms with Crippen LogP contribution < -0.4 is 11.5 Å². The van der Waals surface area contributed by atoms with Gasteiger partial charge in [-0.2, -0.15) is 0 Å². The van der Waals surface area contributed by atoms with E-state index in [2.05, 4.69) is 46.9 Å². The Morgan fingerprint density at radius 3 is 2.40 bits per heavy atom. The summed E-state index contributed by atoms with van der Waals surface area (Å²) in [5.41, 5.74) is 18.4. The first-order valence-corrected chi connectivity index (χ1v) is 12.1. The van der Waals surface area contributed by atoms with Crippen LogP contribution in [0.15, 0.2) is 79.0 Å². The molecule has 6 nitrogen and oxygen atoms in total. The van der Waals surface area contributed by atoms with Crippen molar-refractivity contribution in [2.45, 2.75) is 31.6 Å². The molecule has 0 spiro atoms. The van der Waals surface area contributed by atoms with Crippen LogP contribution in [0.4, 0.5) is 5.69 Å². The number of amides is 1. The fraction of sp³-hybridized carbons (Fsp3) is 0.207. The second-order valence-electron chi connectivity index (χ2n) is 9.42. The Morgan fingerprint density at radius 1 is 0.857 bits per heavy atom. The van der Waals surface area contributed by atoms with Crippen molar-refractivity contribution in [3.05, 3.63) is 84.8 Å². The van der Waals surface area contributed by atoms with E-state index in [1.54, 1.807) is 0 Å². The number of fused-ring (bicyclic) bond motifs is 2. The number of carbonyl (C=O) groups is 1. The highest BCUT2D eigenvalue weighted by atomic mass is 16.1. The lowest BCUT2D eigenvalue weighted by Crippen LogP contribution is -2.27. The van der Waals surface area contributed by atoms with Crippen LogP contribution in [-0.2, 0) is 4.79 Å². The zero-order chi connectivity index (χ0) is 23.9. The minimum atomic E-state index is -0.195. The van der Waals surface area contributed by atoms with Crippen molar-refractivity contribution >= 4 is 28.0 Å². The number of hydrogen-bond donors (Lipinski definition) is 2. The molecule has 1 amide bonds. The van der Waals surface area contributed by atoms with E-state index in [1.165, 1.54) is 0 Å².